The molecule has 3 rings (SSSR count). The quantitative estimate of drug-likeness (QED) is 0.683. The van der Waals surface area contributed by atoms with Crippen molar-refractivity contribution >= 4 is 32.4 Å². The molecule has 0 aliphatic rings. The molecule has 0 unspecified atom stereocenters. The zero-order valence-corrected chi connectivity index (χ0v) is 14.9. The third-order valence-corrected chi connectivity index (χ3v) is 5.36. The molecule has 1 heterocycles. The Bertz CT molecular complexity index is 1050. The molecule has 1 aromatic heterocycles. The molecule has 3 aromatic rings. The average molecular weight is 358 g/mol. The molecule has 6 nitrogen and oxygen atoms in total. The van der Waals surface area contributed by atoms with Gasteiger partial charge in [-0.3, -0.25) is 9.52 Å². The molecule has 0 aliphatic carbocycles. The molecular formula is C18H18N2O4S. The molecule has 130 valence electrons. The van der Waals surface area contributed by atoms with Crippen molar-refractivity contribution in [1.82, 2.24) is 4.98 Å². The molecule has 0 spiro atoms. The number of ketones is 1. The van der Waals surface area contributed by atoms with Crippen LogP contribution in [0.5, 0.6) is 5.75 Å². The highest BCUT2D eigenvalue weighted by atomic mass is 32.2. The Morgan fingerprint density at radius 3 is 2.40 bits per heavy atom. The van der Waals surface area contributed by atoms with Gasteiger partial charge in [0.2, 0.25) is 0 Å². The number of fused-ring (bicyclic) bond motifs is 1. The van der Waals surface area contributed by atoms with Crippen molar-refractivity contribution < 1.29 is 17.9 Å². The highest BCUT2D eigenvalue weighted by Crippen LogP contribution is 2.27. The number of rotatable bonds is 5. The van der Waals surface area contributed by atoms with Crippen LogP contribution < -0.4 is 9.46 Å². The van der Waals surface area contributed by atoms with Crippen LogP contribution in [0, 0.1) is 6.92 Å². The van der Waals surface area contributed by atoms with Crippen LogP contribution in [0.15, 0.2) is 47.4 Å². The summed E-state index contributed by atoms with van der Waals surface area (Å²) < 4.78 is 32.7. The minimum atomic E-state index is -3.73. The van der Waals surface area contributed by atoms with Gasteiger partial charge < -0.3 is 9.72 Å². The van der Waals surface area contributed by atoms with Gasteiger partial charge in [-0.15, -0.1) is 0 Å². The average Bonchev–Trinajstić information content (AvgIpc) is 2.89. The number of sulfonamides is 1. The monoisotopic (exact) mass is 358 g/mol. The lowest BCUT2D eigenvalue weighted by atomic mass is 10.1. The summed E-state index contributed by atoms with van der Waals surface area (Å²) in [6.45, 7) is 3.31. The van der Waals surface area contributed by atoms with E-state index in [-0.39, 0.29) is 10.7 Å². The fourth-order valence-corrected chi connectivity index (χ4v) is 3.86. The number of hydrogen-bond donors (Lipinski definition) is 2. The molecule has 0 amide bonds. The second-order valence-electron chi connectivity index (χ2n) is 5.72. The smallest absolute Gasteiger partial charge is 0.261 e. The molecule has 0 bridgehead atoms. The third-order valence-electron chi connectivity index (χ3n) is 3.96. The standard InChI is InChI=1S/C18H18N2O4S/c1-11-18(12(2)21)16-10-13(4-9-17(16)19-11)20-25(22,23)15-7-5-14(24-3)6-8-15/h4-10,19-20H,1-3H3. The maximum Gasteiger partial charge on any atom is 0.261 e. The van der Waals surface area contributed by atoms with Crippen LogP contribution in [0.4, 0.5) is 5.69 Å². The number of nitrogens with one attached hydrogen (secondary N) is 2. The number of H-pyrrole nitrogens is 1. The van der Waals surface area contributed by atoms with Crippen molar-refractivity contribution in [3.63, 3.8) is 0 Å². The zero-order chi connectivity index (χ0) is 18.2. The molecule has 0 fully saturated rings. The number of hydrogen-bond acceptors (Lipinski definition) is 4. The van der Waals surface area contributed by atoms with Gasteiger partial charge in [0.15, 0.2) is 5.78 Å². The summed E-state index contributed by atoms with van der Waals surface area (Å²) >= 11 is 0. The minimum Gasteiger partial charge on any atom is -0.497 e. The predicted molar refractivity (Wildman–Crippen MR) is 96.8 cm³/mol. The number of benzene rings is 2. The van der Waals surface area contributed by atoms with Gasteiger partial charge in [-0.1, -0.05) is 0 Å². The van der Waals surface area contributed by atoms with E-state index in [4.69, 9.17) is 4.74 Å². The van der Waals surface area contributed by atoms with E-state index in [1.54, 1.807) is 30.3 Å². The van der Waals surface area contributed by atoms with E-state index in [0.717, 1.165) is 11.2 Å². The van der Waals surface area contributed by atoms with Crippen LogP contribution in [0.3, 0.4) is 0 Å². The lowest BCUT2D eigenvalue weighted by Gasteiger charge is -2.09. The van der Waals surface area contributed by atoms with Crippen LogP contribution in [0.2, 0.25) is 0 Å². The molecule has 0 radical (unpaired) electrons. The first-order chi connectivity index (χ1) is 11.8. The van der Waals surface area contributed by atoms with E-state index >= 15 is 0 Å². The van der Waals surface area contributed by atoms with E-state index in [1.165, 1.54) is 26.2 Å². The van der Waals surface area contributed by atoms with Crippen molar-refractivity contribution in [3.8, 4) is 5.75 Å². The number of ether oxygens (including phenoxy) is 1. The summed E-state index contributed by atoms with van der Waals surface area (Å²) in [5.74, 6) is 0.508. The number of Topliss-reactive ketones (excluding diaryl/α,β-unsaturated/α-hetero) is 1. The van der Waals surface area contributed by atoms with Crippen LogP contribution >= 0.6 is 0 Å². The number of aryl methyl sites for hydroxylation is 1. The summed E-state index contributed by atoms with van der Waals surface area (Å²) in [4.78, 5) is 15.1. The number of methoxy groups -OCH3 is 1. The summed E-state index contributed by atoms with van der Waals surface area (Å²) in [5, 5.41) is 0.694. The summed E-state index contributed by atoms with van der Waals surface area (Å²) in [6.07, 6.45) is 0. The summed E-state index contributed by atoms with van der Waals surface area (Å²) in [6, 6.07) is 11.2. The van der Waals surface area contributed by atoms with Gasteiger partial charge in [-0.25, -0.2) is 8.42 Å². The molecule has 0 saturated heterocycles. The molecule has 2 aromatic carbocycles. The van der Waals surface area contributed by atoms with Crippen LogP contribution in [0.1, 0.15) is 23.0 Å². The molecule has 7 heteroatoms. The van der Waals surface area contributed by atoms with Gasteiger partial charge >= 0.3 is 0 Å². The number of carbonyl (C=O) groups is 1. The first kappa shape index (κ1) is 17.0. The Hall–Kier alpha value is -2.80. The van der Waals surface area contributed by atoms with Crippen LogP contribution in [0.25, 0.3) is 10.9 Å². The second-order valence-corrected chi connectivity index (χ2v) is 7.40. The Kier molecular flexibility index (Phi) is 4.26. The highest BCUT2D eigenvalue weighted by molar-refractivity contribution is 7.92. The van der Waals surface area contributed by atoms with E-state index in [9.17, 15) is 13.2 Å². The van der Waals surface area contributed by atoms with E-state index in [0.29, 0.717) is 22.4 Å². The first-order valence-electron chi connectivity index (χ1n) is 7.62. The SMILES string of the molecule is COc1ccc(S(=O)(=O)Nc2ccc3[nH]c(C)c(C(C)=O)c3c2)cc1. The van der Waals surface area contributed by atoms with Gasteiger partial charge in [0.05, 0.1) is 12.0 Å². The molecule has 0 atom stereocenters. The summed E-state index contributed by atoms with van der Waals surface area (Å²) in [5.41, 5.74) is 2.51. The van der Waals surface area contributed by atoms with Crippen molar-refractivity contribution in [1.29, 1.82) is 0 Å². The molecule has 0 saturated carbocycles. The fraction of sp³-hybridized carbons (Fsp3) is 0.167. The maximum absolute atomic E-state index is 12.5. The highest BCUT2D eigenvalue weighted by Gasteiger charge is 2.17. The number of anilines is 1. The van der Waals surface area contributed by atoms with Gasteiger partial charge in [-0.05, 0) is 56.3 Å². The number of aromatic nitrogens is 1. The van der Waals surface area contributed by atoms with Crippen LogP contribution in [-0.2, 0) is 10.0 Å². The fourth-order valence-electron chi connectivity index (χ4n) is 2.81. The van der Waals surface area contributed by atoms with E-state index in [1.807, 2.05) is 6.92 Å². The van der Waals surface area contributed by atoms with Gasteiger partial charge in [0, 0.05) is 27.8 Å². The Morgan fingerprint density at radius 2 is 1.80 bits per heavy atom. The van der Waals surface area contributed by atoms with Crippen molar-refractivity contribution in [2.75, 3.05) is 11.8 Å². The second kappa shape index (κ2) is 6.25. The molecule has 0 aliphatic heterocycles. The lowest BCUT2D eigenvalue weighted by Crippen LogP contribution is -2.12. The first-order valence-corrected chi connectivity index (χ1v) is 9.10. The normalized spacial score (nSPS) is 11.5. The van der Waals surface area contributed by atoms with Crippen molar-refractivity contribution in [2.24, 2.45) is 0 Å². The Labute approximate surface area is 145 Å². The topological polar surface area (TPSA) is 88.3 Å². The van der Waals surface area contributed by atoms with Crippen molar-refractivity contribution in [2.45, 2.75) is 18.7 Å². The van der Waals surface area contributed by atoms with Gasteiger partial charge in [0.25, 0.3) is 10.0 Å². The van der Waals surface area contributed by atoms with E-state index in [2.05, 4.69) is 9.71 Å². The lowest BCUT2D eigenvalue weighted by molar-refractivity contribution is 0.101. The largest absolute Gasteiger partial charge is 0.497 e. The minimum absolute atomic E-state index is 0.0705. The molecule has 2 N–H and O–H groups in total. The van der Waals surface area contributed by atoms with E-state index < -0.39 is 10.0 Å². The number of aromatic amines is 1. The zero-order valence-electron chi connectivity index (χ0n) is 14.1. The summed E-state index contributed by atoms with van der Waals surface area (Å²) in [7, 11) is -2.22. The van der Waals surface area contributed by atoms with Crippen molar-refractivity contribution in [3.05, 3.63) is 53.7 Å². The number of carbonyl (C=O) groups excluding carboxylic acids is 1. The molecule has 25 heavy (non-hydrogen) atoms. The Balaban J connectivity index is 1.98. The molecular weight excluding hydrogens is 340 g/mol. The van der Waals surface area contributed by atoms with Gasteiger partial charge in [0.1, 0.15) is 5.75 Å². The Morgan fingerprint density at radius 1 is 1.12 bits per heavy atom. The van der Waals surface area contributed by atoms with Crippen LogP contribution in [-0.4, -0.2) is 26.3 Å². The predicted octanol–water partition coefficient (Wildman–Crippen LogP) is 3.49. The van der Waals surface area contributed by atoms with Gasteiger partial charge in [-0.2, -0.15) is 0 Å². The third kappa shape index (κ3) is 3.23. The maximum atomic E-state index is 12.5.